The molecule has 3 rings (SSSR count). The number of amides is 1. The van der Waals surface area contributed by atoms with Gasteiger partial charge >= 0.3 is 0 Å². The van der Waals surface area contributed by atoms with Crippen LogP contribution in [-0.4, -0.2) is 25.1 Å². The fourth-order valence-corrected chi connectivity index (χ4v) is 2.99. The summed E-state index contributed by atoms with van der Waals surface area (Å²) in [6, 6.07) is 4.66. The van der Waals surface area contributed by atoms with Crippen LogP contribution < -0.4 is 15.4 Å². The Balaban J connectivity index is 1.59. The molecular weight excluding hydrogens is 283 g/mol. The van der Waals surface area contributed by atoms with Gasteiger partial charge < -0.3 is 15.4 Å². The van der Waals surface area contributed by atoms with Crippen LogP contribution in [0.2, 0.25) is 0 Å². The lowest BCUT2D eigenvalue weighted by Gasteiger charge is -2.31. The molecule has 1 aromatic carbocycles. The second kappa shape index (κ2) is 6.65. The Hall–Kier alpha value is -1.62. The Morgan fingerprint density at radius 3 is 2.68 bits per heavy atom. The van der Waals surface area contributed by atoms with E-state index in [4.69, 9.17) is 4.74 Å². The van der Waals surface area contributed by atoms with E-state index in [-0.39, 0.29) is 23.7 Å². The van der Waals surface area contributed by atoms with Crippen LogP contribution in [0, 0.1) is 17.7 Å². The van der Waals surface area contributed by atoms with E-state index in [9.17, 15) is 9.18 Å². The summed E-state index contributed by atoms with van der Waals surface area (Å²) in [7, 11) is 0. The van der Waals surface area contributed by atoms with Gasteiger partial charge in [0, 0.05) is 17.7 Å². The fourth-order valence-electron chi connectivity index (χ4n) is 2.99. The van der Waals surface area contributed by atoms with Crippen molar-refractivity contribution in [2.75, 3.05) is 18.4 Å². The minimum Gasteiger partial charge on any atom is -0.487 e. The van der Waals surface area contributed by atoms with Crippen molar-refractivity contribution in [2.24, 2.45) is 11.8 Å². The molecule has 0 bridgehead atoms. The lowest BCUT2D eigenvalue weighted by atomic mass is 9.88. The number of ether oxygens (including phenoxy) is 1. The van der Waals surface area contributed by atoms with Gasteiger partial charge in [0.2, 0.25) is 5.91 Å². The molecule has 1 aliphatic heterocycles. The number of rotatable bonds is 5. The highest BCUT2D eigenvalue weighted by Crippen LogP contribution is 2.28. The Bertz CT molecular complexity index is 539. The number of carbonyl (C=O) groups excluding carboxylic acids is 1. The van der Waals surface area contributed by atoms with E-state index in [1.165, 1.54) is 6.07 Å². The predicted molar refractivity (Wildman–Crippen MR) is 83.4 cm³/mol. The topological polar surface area (TPSA) is 50.4 Å². The van der Waals surface area contributed by atoms with Gasteiger partial charge in [0.05, 0.1) is 6.10 Å². The van der Waals surface area contributed by atoms with Crippen LogP contribution in [0.25, 0.3) is 0 Å². The van der Waals surface area contributed by atoms with Crippen LogP contribution >= 0.6 is 0 Å². The molecule has 4 nitrogen and oxygen atoms in total. The average molecular weight is 306 g/mol. The molecule has 0 spiro atoms. The summed E-state index contributed by atoms with van der Waals surface area (Å²) in [4.78, 5) is 12.1. The standard InChI is InChI=1S/C17H23FN2O2/c1-11(12-9-19-10-12)17(21)20-13-6-7-16(15(18)8-13)22-14-4-2-3-5-14/h6-8,11-12,14,19H,2-5,9-10H2,1H3,(H,20,21). The van der Waals surface area contributed by atoms with Gasteiger partial charge in [0.1, 0.15) is 0 Å². The molecule has 22 heavy (non-hydrogen) atoms. The molecular formula is C17H23FN2O2. The van der Waals surface area contributed by atoms with Crippen molar-refractivity contribution in [3.63, 3.8) is 0 Å². The third kappa shape index (κ3) is 3.40. The van der Waals surface area contributed by atoms with Crippen LogP contribution in [0.3, 0.4) is 0 Å². The van der Waals surface area contributed by atoms with Gasteiger partial charge in [-0.2, -0.15) is 0 Å². The van der Waals surface area contributed by atoms with Gasteiger partial charge in [0.25, 0.3) is 0 Å². The summed E-state index contributed by atoms with van der Waals surface area (Å²) in [6.07, 6.45) is 4.40. The largest absolute Gasteiger partial charge is 0.487 e. The van der Waals surface area contributed by atoms with Crippen LogP contribution in [-0.2, 0) is 4.79 Å². The molecule has 0 radical (unpaired) electrons. The van der Waals surface area contributed by atoms with E-state index in [1.807, 2.05) is 6.92 Å². The molecule has 1 aromatic rings. The van der Waals surface area contributed by atoms with Crippen LogP contribution in [0.5, 0.6) is 5.75 Å². The van der Waals surface area contributed by atoms with Gasteiger partial charge in [-0.25, -0.2) is 4.39 Å². The number of anilines is 1. The average Bonchev–Trinajstić information content (AvgIpc) is 2.93. The van der Waals surface area contributed by atoms with E-state index in [1.54, 1.807) is 12.1 Å². The zero-order chi connectivity index (χ0) is 15.5. The second-order valence-corrected chi connectivity index (χ2v) is 6.37. The zero-order valence-electron chi connectivity index (χ0n) is 12.9. The molecule has 120 valence electrons. The molecule has 1 amide bonds. The quantitative estimate of drug-likeness (QED) is 0.879. The van der Waals surface area contributed by atoms with Crippen LogP contribution in [0.1, 0.15) is 32.6 Å². The highest BCUT2D eigenvalue weighted by Gasteiger charge is 2.28. The number of hydrogen-bond acceptors (Lipinski definition) is 3. The van der Waals surface area contributed by atoms with Gasteiger partial charge in [-0.15, -0.1) is 0 Å². The highest BCUT2D eigenvalue weighted by atomic mass is 19.1. The summed E-state index contributed by atoms with van der Waals surface area (Å²) in [5, 5.41) is 5.95. The van der Waals surface area contributed by atoms with Gasteiger partial charge in [0.15, 0.2) is 11.6 Å². The molecule has 1 atom stereocenters. The molecule has 0 aromatic heterocycles. The van der Waals surface area contributed by atoms with E-state index in [0.29, 0.717) is 11.6 Å². The zero-order valence-corrected chi connectivity index (χ0v) is 12.9. The molecule has 1 saturated heterocycles. The maximum atomic E-state index is 14.1. The number of halogens is 1. The SMILES string of the molecule is CC(C(=O)Nc1ccc(OC2CCCC2)c(F)c1)C1CNC1. The Morgan fingerprint density at radius 1 is 1.36 bits per heavy atom. The summed E-state index contributed by atoms with van der Waals surface area (Å²) >= 11 is 0. The predicted octanol–water partition coefficient (Wildman–Crippen LogP) is 2.94. The van der Waals surface area contributed by atoms with Crippen LogP contribution in [0.4, 0.5) is 10.1 Å². The summed E-state index contributed by atoms with van der Waals surface area (Å²) in [5.41, 5.74) is 0.486. The van der Waals surface area contributed by atoms with E-state index >= 15 is 0 Å². The van der Waals surface area contributed by atoms with Gasteiger partial charge in [-0.1, -0.05) is 6.92 Å². The fraction of sp³-hybridized carbons (Fsp3) is 0.588. The molecule has 1 unspecified atom stereocenters. The summed E-state index contributed by atoms with van der Waals surface area (Å²) in [6.45, 7) is 3.66. The molecule has 2 N–H and O–H groups in total. The van der Waals surface area contributed by atoms with E-state index in [0.717, 1.165) is 38.8 Å². The highest BCUT2D eigenvalue weighted by molar-refractivity contribution is 5.92. The molecule has 2 fully saturated rings. The van der Waals surface area contributed by atoms with Crippen LogP contribution in [0.15, 0.2) is 18.2 Å². The summed E-state index contributed by atoms with van der Waals surface area (Å²) < 4.78 is 19.8. The van der Waals surface area contributed by atoms with Crippen molar-refractivity contribution in [1.82, 2.24) is 5.32 Å². The van der Waals surface area contributed by atoms with Gasteiger partial charge in [-0.05, 0) is 56.8 Å². The van der Waals surface area contributed by atoms with Crippen molar-refractivity contribution in [1.29, 1.82) is 0 Å². The minimum atomic E-state index is -0.414. The van der Waals surface area contributed by atoms with Crippen molar-refractivity contribution in [2.45, 2.75) is 38.7 Å². The maximum Gasteiger partial charge on any atom is 0.227 e. The lowest BCUT2D eigenvalue weighted by molar-refractivity contribution is -0.121. The number of carbonyl (C=O) groups is 1. The Kier molecular flexibility index (Phi) is 4.62. The first-order valence-corrected chi connectivity index (χ1v) is 8.11. The first-order chi connectivity index (χ1) is 10.6. The smallest absolute Gasteiger partial charge is 0.227 e. The molecule has 1 heterocycles. The van der Waals surface area contributed by atoms with Crippen molar-refractivity contribution < 1.29 is 13.9 Å². The first kappa shape index (κ1) is 15.3. The van der Waals surface area contributed by atoms with E-state index in [2.05, 4.69) is 10.6 Å². The lowest BCUT2D eigenvalue weighted by Crippen LogP contribution is -2.48. The first-order valence-electron chi connectivity index (χ1n) is 8.11. The third-order valence-electron chi connectivity index (χ3n) is 4.73. The van der Waals surface area contributed by atoms with Crippen molar-refractivity contribution in [3.05, 3.63) is 24.0 Å². The maximum absolute atomic E-state index is 14.1. The summed E-state index contributed by atoms with van der Waals surface area (Å²) in [5.74, 6) is 0.104. The normalized spacial score (nSPS) is 20.5. The molecule has 2 aliphatic rings. The second-order valence-electron chi connectivity index (χ2n) is 6.37. The number of hydrogen-bond donors (Lipinski definition) is 2. The Morgan fingerprint density at radius 2 is 2.09 bits per heavy atom. The van der Waals surface area contributed by atoms with Crippen molar-refractivity contribution in [3.8, 4) is 5.75 Å². The van der Waals surface area contributed by atoms with Gasteiger partial charge in [-0.3, -0.25) is 4.79 Å². The minimum absolute atomic E-state index is 0.0599. The number of benzene rings is 1. The monoisotopic (exact) mass is 306 g/mol. The van der Waals surface area contributed by atoms with Crippen molar-refractivity contribution >= 4 is 11.6 Å². The molecule has 5 heteroatoms. The Labute approximate surface area is 130 Å². The number of nitrogens with one attached hydrogen (secondary N) is 2. The third-order valence-corrected chi connectivity index (χ3v) is 4.73. The molecule has 1 saturated carbocycles. The van der Waals surface area contributed by atoms with E-state index < -0.39 is 5.82 Å². The molecule has 1 aliphatic carbocycles.